The lowest BCUT2D eigenvalue weighted by molar-refractivity contribution is -0.385. The minimum atomic E-state index is -0.823. The summed E-state index contributed by atoms with van der Waals surface area (Å²) in [7, 11) is 1.65. The number of non-ortho nitro benzene ring substituents is 1. The summed E-state index contributed by atoms with van der Waals surface area (Å²) in [6.45, 7) is 0. The van der Waals surface area contributed by atoms with Crippen LogP contribution in [0.2, 0.25) is 0 Å². The molecular weight excluding hydrogens is 281 g/mol. The van der Waals surface area contributed by atoms with Gasteiger partial charge >= 0.3 is 0 Å². The molecule has 0 spiro atoms. The lowest BCUT2D eigenvalue weighted by Crippen LogP contribution is -2.15. The molecule has 0 fully saturated rings. The number of nitrogens with one attached hydrogen (secondary N) is 2. The first-order valence-electron chi connectivity index (χ1n) is 5.77. The van der Waals surface area contributed by atoms with Gasteiger partial charge < -0.3 is 10.6 Å². The number of hydrogen-bond donors (Lipinski definition) is 2. The third-order valence-corrected chi connectivity index (χ3v) is 2.50. The summed E-state index contributed by atoms with van der Waals surface area (Å²) in [4.78, 5) is 21.8. The first-order chi connectivity index (χ1) is 9.99. The number of nitrogens with zero attached hydrogens (tertiary/aromatic N) is 3. The Kier molecular flexibility index (Phi) is 4.02. The van der Waals surface area contributed by atoms with Crippen molar-refractivity contribution in [1.29, 1.82) is 0 Å². The zero-order valence-electron chi connectivity index (χ0n) is 10.8. The van der Waals surface area contributed by atoms with Crippen molar-refractivity contribution in [3.63, 3.8) is 0 Å². The Labute approximate surface area is 118 Å². The van der Waals surface area contributed by atoms with Crippen LogP contribution < -0.4 is 10.6 Å². The molecule has 0 atom stereocenters. The Morgan fingerprint density at radius 1 is 1.29 bits per heavy atom. The van der Waals surface area contributed by atoms with Gasteiger partial charge in [0.25, 0.3) is 11.6 Å². The van der Waals surface area contributed by atoms with E-state index in [0.29, 0.717) is 5.82 Å². The Balaban J connectivity index is 2.20. The second-order valence-corrected chi connectivity index (χ2v) is 3.96. The first-order valence-corrected chi connectivity index (χ1v) is 5.77. The topological polar surface area (TPSA) is 110 Å². The fourth-order valence-corrected chi connectivity index (χ4v) is 1.53. The van der Waals surface area contributed by atoms with Crippen LogP contribution in [0, 0.1) is 15.9 Å². The van der Waals surface area contributed by atoms with E-state index in [1.807, 2.05) is 0 Å². The number of carbonyl (C=O) groups is 1. The number of halogens is 1. The van der Waals surface area contributed by atoms with Crippen molar-refractivity contribution in [2.45, 2.75) is 0 Å². The maximum Gasteiger partial charge on any atom is 0.276 e. The standard InChI is InChI=1S/C12H10FN5O3/c1-14-11-3-2-10(16-17-11)12(19)15-8-4-7(13)5-9(6-8)18(20)21/h2-6H,1H3,(H,14,17)(H,15,19). The van der Waals surface area contributed by atoms with Crippen LogP contribution in [0.5, 0.6) is 0 Å². The first kappa shape index (κ1) is 14.3. The lowest BCUT2D eigenvalue weighted by atomic mass is 10.2. The molecule has 21 heavy (non-hydrogen) atoms. The largest absolute Gasteiger partial charge is 0.372 e. The highest BCUT2D eigenvalue weighted by atomic mass is 19.1. The Morgan fingerprint density at radius 3 is 2.62 bits per heavy atom. The van der Waals surface area contributed by atoms with Crippen LogP contribution >= 0.6 is 0 Å². The number of aromatic nitrogens is 2. The zero-order valence-corrected chi connectivity index (χ0v) is 10.8. The van der Waals surface area contributed by atoms with Crippen molar-refractivity contribution in [3.8, 4) is 0 Å². The molecule has 9 heteroatoms. The van der Waals surface area contributed by atoms with E-state index in [-0.39, 0.29) is 11.4 Å². The van der Waals surface area contributed by atoms with Crippen molar-refractivity contribution in [3.05, 3.63) is 52.0 Å². The third-order valence-electron chi connectivity index (χ3n) is 2.50. The smallest absolute Gasteiger partial charge is 0.276 e. The fourth-order valence-electron chi connectivity index (χ4n) is 1.53. The molecule has 0 aliphatic rings. The molecule has 0 unspecified atom stereocenters. The molecule has 1 aromatic carbocycles. The molecule has 0 saturated heterocycles. The second-order valence-electron chi connectivity index (χ2n) is 3.96. The molecule has 0 bridgehead atoms. The molecule has 0 aliphatic carbocycles. The highest BCUT2D eigenvalue weighted by Gasteiger charge is 2.13. The van der Waals surface area contributed by atoms with Crippen LogP contribution in [-0.2, 0) is 0 Å². The molecule has 8 nitrogen and oxygen atoms in total. The number of amides is 1. The number of carbonyl (C=O) groups excluding carboxylic acids is 1. The van der Waals surface area contributed by atoms with Crippen LogP contribution in [0.4, 0.5) is 21.6 Å². The molecule has 108 valence electrons. The average Bonchev–Trinajstić information content (AvgIpc) is 2.46. The van der Waals surface area contributed by atoms with E-state index < -0.39 is 22.3 Å². The summed E-state index contributed by atoms with van der Waals surface area (Å²) in [6, 6.07) is 5.74. The Bertz CT molecular complexity index is 690. The fraction of sp³-hybridized carbons (Fsp3) is 0.0833. The van der Waals surface area contributed by atoms with E-state index in [1.54, 1.807) is 7.05 Å². The van der Waals surface area contributed by atoms with Crippen LogP contribution in [0.3, 0.4) is 0 Å². The number of nitro benzene ring substituents is 1. The van der Waals surface area contributed by atoms with Gasteiger partial charge in [-0.05, 0) is 18.2 Å². The summed E-state index contributed by atoms with van der Waals surface area (Å²) >= 11 is 0. The van der Waals surface area contributed by atoms with Gasteiger partial charge in [-0.2, -0.15) is 0 Å². The minimum Gasteiger partial charge on any atom is -0.372 e. The van der Waals surface area contributed by atoms with E-state index in [4.69, 9.17) is 0 Å². The normalized spacial score (nSPS) is 10.0. The molecule has 2 rings (SSSR count). The van der Waals surface area contributed by atoms with Crippen molar-refractivity contribution >= 4 is 23.1 Å². The summed E-state index contributed by atoms with van der Waals surface area (Å²) in [5.74, 6) is -0.992. The molecule has 0 aliphatic heterocycles. The van der Waals surface area contributed by atoms with Gasteiger partial charge in [-0.15, -0.1) is 10.2 Å². The second kappa shape index (κ2) is 5.90. The summed E-state index contributed by atoms with van der Waals surface area (Å²) < 4.78 is 13.2. The minimum absolute atomic E-state index is 0.000847. The van der Waals surface area contributed by atoms with Gasteiger partial charge in [-0.1, -0.05) is 0 Å². The summed E-state index contributed by atoms with van der Waals surface area (Å²) in [5.41, 5.74) is -0.492. The summed E-state index contributed by atoms with van der Waals surface area (Å²) in [6.07, 6.45) is 0. The number of nitro groups is 1. The van der Waals surface area contributed by atoms with Crippen LogP contribution in [0.15, 0.2) is 30.3 Å². The van der Waals surface area contributed by atoms with Gasteiger partial charge in [-0.3, -0.25) is 14.9 Å². The lowest BCUT2D eigenvalue weighted by Gasteiger charge is -2.05. The molecule has 0 radical (unpaired) electrons. The molecule has 1 amide bonds. The van der Waals surface area contributed by atoms with Crippen molar-refractivity contribution in [1.82, 2.24) is 10.2 Å². The van der Waals surface area contributed by atoms with Crippen molar-refractivity contribution < 1.29 is 14.1 Å². The monoisotopic (exact) mass is 291 g/mol. The quantitative estimate of drug-likeness (QED) is 0.656. The van der Waals surface area contributed by atoms with Crippen LogP contribution in [-0.4, -0.2) is 28.1 Å². The maximum atomic E-state index is 13.2. The number of anilines is 2. The number of hydrogen-bond acceptors (Lipinski definition) is 6. The van der Waals surface area contributed by atoms with E-state index >= 15 is 0 Å². The molecule has 2 aromatic rings. The summed E-state index contributed by atoms with van der Waals surface area (Å²) in [5, 5.41) is 23.1. The molecule has 2 N–H and O–H groups in total. The highest BCUT2D eigenvalue weighted by Crippen LogP contribution is 2.20. The number of benzene rings is 1. The van der Waals surface area contributed by atoms with Gasteiger partial charge in [0.05, 0.1) is 16.7 Å². The average molecular weight is 291 g/mol. The van der Waals surface area contributed by atoms with Gasteiger partial charge in [0.2, 0.25) is 0 Å². The van der Waals surface area contributed by atoms with Gasteiger partial charge in [0, 0.05) is 13.1 Å². The van der Waals surface area contributed by atoms with E-state index in [0.717, 1.165) is 18.2 Å². The number of rotatable bonds is 4. The van der Waals surface area contributed by atoms with E-state index in [9.17, 15) is 19.3 Å². The maximum absolute atomic E-state index is 13.2. The highest BCUT2D eigenvalue weighted by molar-refractivity contribution is 6.02. The van der Waals surface area contributed by atoms with Crippen LogP contribution in [0.1, 0.15) is 10.5 Å². The Hall–Kier alpha value is -3.10. The van der Waals surface area contributed by atoms with Gasteiger partial charge in [0.1, 0.15) is 11.6 Å². The van der Waals surface area contributed by atoms with Gasteiger partial charge in [0.15, 0.2) is 5.69 Å². The Morgan fingerprint density at radius 2 is 2.05 bits per heavy atom. The molecule has 1 heterocycles. The van der Waals surface area contributed by atoms with Crippen molar-refractivity contribution in [2.75, 3.05) is 17.7 Å². The van der Waals surface area contributed by atoms with Gasteiger partial charge in [-0.25, -0.2) is 4.39 Å². The molecular formula is C12H10FN5O3. The van der Waals surface area contributed by atoms with E-state index in [2.05, 4.69) is 20.8 Å². The third kappa shape index (κ3) is 3.47. The molecule has 1 aromatic heterocycles. The molecule has 0 saturated carbocycles. The predicted molar refractivity (Wildman–Crippen MR) is 72.6 cm³/mol. The van der Waals surface area contributed by atoms with Crippen molar-refractivity contribution in [2.24, 2.45) is 0 Å². The SMILES string of the molecule is CNc1ccc(C(=O)Nc2cc(F)cc([N+](=O)[O-])c2)nn1. The predicted octanol–water partition coefficient (Wildman–Crippen LogP) is 1.82. The zero-order chi connectivity index (χ0) is 15.4. The van der Waals surface area contributed by atoms with E-state index in [1.165, 1.54) is 12.1 Å². The van der Waals surface area contributed by atoms with Crippen LogP contribution in [0.25, 0.3) is 0 Å².